The van der Waals surface area contributed by atoms with E-state index >= 15 is 0 Å². The summed E-state index contributed by atoms with van der Waals surface area (Å²) < 4.78 is 5.20. The van der Waals surface area contributed by atoms with Crippen molar-refractivity contribution in [3.63, 3.8) is 0 Å². The fraction of sp³-hybridized carbons (Fsp3) is 0.222. The molecule has 0 fully saturated rings. The van der Waals surface area contributed by atoms with Crippen molar-refractivity contribution in [1.82, 2.24) is 0 Å². The van der Waals surface area contributed by atoms with E-state index in [1.165, 1.54) is 0 Å². The third-order valence-electron chi connectivity index (χ3n) is 1.47. The zero-order valence-corrected chi connectivity index (χ0v) is 6.91. The summed E-state index contributed by atoms with van der Waals surface area (Å²) in [6.07, 6.45) is 0.766. The lowest BCUT2D eigenvalue weighted by molar-refractivity contribution is 0.112. The van der Waals surface area contributed by atoms with Crippen LogP contribution in [0.1, 0.15) is 17.3 Å². The summed E-state index contributed by atoms with van der Waals surface area (Å²) >= 11 is 0. The van der Waals surface area contributed by atoms with Crippen molar-refractivity contribution in [3.8, 4) is 5.75 Å². The van der Waals surface area contributed by atoms with Gasteiger partial charge in [-0.3, -0.25) is 4.79 Å². The number of ether oxygens (including phenoxy) is 1. The van der Waals surface area contributed by atoms with Gasteiger partial charge in [-0.05, 0) is 25.1 Å². The van der Waals surface area contributed by atoms with E-state index in [1.54, 1.807) is 18.2 Å². The molecule has 0 aromatic heterocycles. The van der Waals surface area contributed by atoms with Crippen LogP contribution in [0.5, 0.6) is 5.75 Å². The van der Waals surface area contributed by atoms with Crippen molar-refractivity contribution in [2.45, 2.75) is 6.92 Å². The number of rotatable bonds is 3. The summed E-state index contributed by atoms with van der Waals surface area (Å²) in [7, 11) is 0. The van der Waals surface area contributed by atoms with E-state index in [9.17, 15) is 4.79 Å². The first kappa shape index (κ1) is 8.59. The highest BCUT2D eigenvalue weighted by Gasteiger charge is 1.99. The largest absolute Gasteiger partial charge is 0.492 e. The molecule has 0 aliphatic carbocycles. The first-order valence-electron chi connectivity index (χ1n) is 3.75. The number of nitrogen functional groups attached to an aromatic ring is 1. The molecular weight excluding hydrogens is 154 g/mol. The third-order valence-corrected chi connectivity index (χ3v) is 1.47. The molecule has 1 aromatic rings. The molecule has 0 radical (unpaired) electrons. The molecule has 0 spiro atoms. The topological polar surface area (TPSA) is 52.3 Å². The number of hydrogen-bond donors (Lipinski definition) is 1. The van der Waals surface area contributed by atoms with Crippen molar-refractivity contribution in [2.75, 3.05) is 12.3 Å². The zero-order chi connectivity index (χ0) is 8.97. The Morgan fingerprint density at radius 1 is 1.58 bits per heavy atom. The van der Waals surface area contributed by atoms with E-state index < -0.39 is 0 Å². The first-order chi connectivity index (χ1) is 5.77. The van der Waals surface area contributed by atoms with Gasteiger partial charge in [-0.1, -0.05) is 0 Å². The lowest BCUT2D eigenvalue weighted by atomic mass is 10.2. The summed E-state index contributed by atoms with van der Waals surface area (Å²) in [5.41, 5.74) is 6.72. The van der Waals surface area contributed by atoms with E-state index in [2.05, 4.69) is 0 Å². The van der Waals surface area contributed by atoms with Crippen LogP contribution in [0.4, 0.5) is 5.69 Å². The molecule has 0 saturated heterocycles. The molecule has 2 N–H and O–H groups in total. The molecule has 0 aliphatic rings. The Morgan fingerprint density at radius 2 is 2.33 bits per heavy atom. The minimum absolute atomic E-state index is 0.548. The number of carbonyl (C=O) groups is 1. The SMILES string of the molecule is CCOc1cc(C=O)ccc1N. The fourth-order valence-electron chi connectivity index (χ4n) is 0.905. The number of carbonyl (C=O) groups excluding carboxylic acids is 1. The van der Waals surface area contributed by atoms with Gasteiger partial charge in [-0.25, -0.2) is 0 Å². The molecule has 64 valence electrons. The second-order valence-corrected chi connectivity index (χ2v) is 2.35. The van der Waals surface area contributed by atoms with Crippen LogP contribution in [0.3, 0.4) is 0 Å². The Morgan fingerprint density at radius 3 is 2.92 bits per heavy atom. The molecule has 1 aromatic carbocycles. The molecule has 3 heteroatoms. The molecule has 0 aliphatic heterocycles. The van der Waals surface area contributed by atoms with Gasteiger partial charge in [0.1, 0.15) is 12.0 Å². The van der Waals surface area contributed by atoms with Crippen molar-refractivity contribution >= 4 is 12.0 Å². The standard InChI is InChI=1S/C9H11NO2/c1-2-12-9-5-7(6-11)3-4-8(9)10/h3-6H,2,10H2,1H3. The Labute approximate surface area is 71.1 Å². The highest BCUT2D eigenvalue weighted by molar-refractivity contribution is 5.77. The minimum atomic E-state index is 0.548. The van der Waals surface area contributed by atoms with Crippen molar-refractivity contribution in [3.05, 3.63) is 23.8 Å². The molecule has 0 saturated carbocycles. The molecular formula is C9H11NO2. The Hall–Kier alpha value is -1.51. The van der Waals surface area contributed by atoms with Crippen LogP contribution < -0.4 is 10.5 Å². The Kier molecular flexibility index (Phi) is 2.69. The summed E-state index contributed by atoms with van der Waals surface area (Å²) in [5, 5.41) is 0. The number of nitrogens with two attached hydrogens (primary N) is 1. The predicted molar refractivity (Wildman–Crippen MR) is 47.4 cm³/mol. The first-order valence-corrected chi connectivity index (χ1v) is 3.75. The second-order valence-electron chi connectivity index (χ2n) is 2.35. The van der Waals surface area contributed by atoms with E-state index in [0.29, 0.717) is 23.6 Å². The van der Waals surface area contributed by atoms with Crippen LogP contribution in [0.2, 0.25) is 0 Å². The average Bonchev–Trinajstić information content (AvgIpc) is 2.09. The molecule has 0 unspecified atom stereocenters. The van der Waals surface area contributed by atoms with Crippen LogP contribution in [0.15, 0.2) is 18.2 Å². The van der Waals surface area contributed by atoms with Gasteiger partial charge < -0.3 is 10.5 Å². The zero-order valence-electron chi connectivity index (χ0n) is 6.91. The van der Waals surface area contributed by atoms with Crippen LogP contribution in [-0.2, 0) is 0 Å². The van der Waals surface area contributed by atoms with Gasteiger partial charge >= 0.3 is 0 Å². The van der Waals surface area contributed by atoms with Crippen molar-refractivity contribution < 1.29 is 9.53 Å². The number of aldehydes is 1. The summed E-state index contributed by atoms with van der Waals surface area (Å²) in [5.74, 6) is 0.571. The maximum absolute atomic E-state index is 10.4. The third kappa shape index (κ3) is 1.75. The monoisotopic (exact) mass is 165 g/mol. The molecule has 12 heavy (non-hydrogen) atoms. The number of benzene rings is 1. The van der Waals surface area contributed by atoms with Crippen LogP contribution in [0.25, 0.3) is 0 Å². The quantitative estimate of drug-likeness (QED) is 0.545. The Balaban J connectivity index is 2.99. The van der Waals surface area contributed by atoms with Crippen LogP contribution in [0, 0.1) is 0 Å². The Bertz CT molecular complexity index is 284. The highest BCUT2D eigenvalue weighted by atomic mass is 16.5. The minimum Gasteiger partial charge on any atom is -0.492 e. The van der Waals surface area contributed by atoms with Gasteiger partial charge in [0.15, 0.2) is 0 Å². The second kappa shape index (κ2) is 3.76. The highest BCUT2D eigenvalue weighted by Crippen LogP contribution is 2.21. The van der Waals surface area contributed by atoms with Gasteiger partial charge in [-0.15, -0.1) is 0 Å². The van der Waals surface area contributed by atoms with Gasteiger partial charge in [-0.2, -0.15) is 0 Å². The van der Waals surface area contributed by atoms with E-state index in [4.69, 9.17) is 10.5 Å². The number of hydrogen-bond acceptors (Lipinski definition) is 3. The molecule has 3 nitrogen and oxygen atoms in total. The molecule has 0 heterocycles. The van der Waals surface area contributed by atoms with Gasteiger partial charge in [0.25, 0.3) is 0 Å². The van der Waals surface area contributed by atoms with Crippen molar-refractivity contribution in [2.24, 2.45) is 0 Å². The van der Waals surface area contributed by atoms with Gasteiger partial charge in [0, 0.05) is 5.56 Å². The van der Waals surface area contributed by atoms with Crippen LogP contribution >= 0.6 is 0 Å². The summed E-state index contributed by atoms with van der Waals surface area (Å²) in [4.78, 5) is 10.4. The summed E-state index contributed by atoms with van der Waals surface area (Å²) in [6, 6.07) is 4.95. The van der Waals surface area contributed by atoms with E-state index in [-0.39, 0.29) is 0 Å². The molecule has 0 atom stereocenters. The van der Waals surface area contributed by atoms with Gasteiger partial charge in [0.2, 0.25) is 0 Å². The fourth-order valence-corrected chi connectivity index (χ4v) is 0.905. The smallest absolute Gasteiger partial charge is 0.150 e. The van der Waals surface area contributed by atoms with Gasteiger partial charge in [0.05, 0.1) is 12.3 Å². The van der Waals surface area contributed by atoms with Crippen molar-refractivity contribution in [1.29, 1.82) is 0 Å². The predicted octanol–water partition coefficient (Wildman–Crippen LogP) is 1.48. The average molecular weight is 165 g/mol. The molecule has 0 amide bonds. The number of anilines is 1. The molecule has 0 bridgehead atoms. The summed E-state index contributed by atoms with van der Waals surface area (Å²) in [6.45, 7) is 2.42. The normalized spacial score (nSPS) is 9.42. The van der Waals surface area contributed by atoms with E-state index in [1.807, 2.05) is 6.92 Å². The van der Waals surface area contributed by atoms with Crippen LogP contribution in [-0.4, -0.2) is 12.9 Å². The lowest BCUT2D eigenvalue weighted by Gasteiger charge is -2.05. The lowest BCUT2D eigenvalue weighted by Crippen LogP contribution is -1.97. The molecule has 1 rings (SSSR count). The maximum Gasteiger partial charge on any atom is 0.150 e. The maximum atomic E-state index is 10.4. The van der Waals surface area contributed by atoms with E-state index in [0.717, 1.165) is 6.29 Å².